The SMILES string of the molecule is CC/N=c1\cc2oc3cc(NCC)c(C)cc3c(-c3ccccc3C(=O)N(C)CCCC(=O)O)c-2cc1C. The molecule has 0 saturated heterocycles. The summed E-state index contributed by atoms with van der Waals surface area (Å²) >= 11 is 0. The molecule has 1 aliphatic heterocycles. The van der Waals surface area contributed by atoms with Gasteiger partial charge in [0.05, 0.1) is 5.36 Å². The Morgan fingerprint density at radius 1 is 1.03 bits per heavy atom. The highest BCUT2D eigenvalue weighted by Gasteiger charge is 2.24. The topological polar surface area (TPSA) is 95.1 Å². The van der Waals surface area contributed by atoms with E-state index in [1.807, 2.05) is 50.2 Å². The van der Waals surface area contributed by atoms with Crippen molar-refractivity contribution in [2.45, 2.75) is 40.5 Å². The zero-order chi connectivity index (χ0) is 27.4. The van der Waals surface area contributed by atoms with Crippen LogP contribution in [0.15, 0.2) is 57.9 Å². The van der Waals surface area contributed by atoms with E-state index in [9.17, 15) is 9.59 Å². The summed E-state index contributed by atoms with van der Waals surface area (Å²) in [6.07, 6.45) is 0.414. The molecule has 4 rings (SSSR count). The van der Waals surface area contributed by atoms with Crippen LogP contribution in [0.2, 0.25) is 0 Å². The molecular weight excluding hydrogens is 478 g/mol. The van der Waals surface area contributed by atoms with Crippen LogP contribution in [-0.2, 0) is 4.79 Å². The summed E-state index contributed by atoms with van der Waals surface area (Å²) in [7, 11) is 1.72. The number of carboxylic acids is 1. The molecule has 38 heavy (non-hydrogen) atoms. The van der Waals surface area contributed by atoms with Gasteiger partial charge in [0.15, 0.2) is 0 Å². The molecule has 0 radical (unpaired) electrons. The lowest BCUT2D eigenvalue weighted by atomic mass is 9.89. The van der Waals surface area contributed by atoms with E-state index in [0.29, 0.717) is 30.8 Å². The summed E-state index contributed by atoms with van der Waals surface area (Å²) in [5.74, 6) is -0.314. The molecule has 1 amide bonds. The van der Waals surface area contributed by atoms with Gasteiger partial charge >= 0.3 is 5.97 Å². The molecule has 0 saturated carbocycles. The number of fused-ring (bicyclic) bond motifs is 2. The number of nitrogens with one attached hydrogen (secondary N) is 1. The van der Waals surface area contributed by atoms with Crippen molar-refractivity contribution < 1.29 is 19.1 Å². The number of amides is 1. The number of anilines is 1. The summed E-state index contributed by atoms with van der Waals surface area (Å²) in [6.45, 7) is 9.98. The summed E-state index contributed by atoms with van der Waals surface area (Å²) in [4.78, 5) is 30.8. The number of carbonyl (C=O) groups excluding carboxylic acids is 1. The first-order valence-corrected chi connectivity index (χ1v) is 13.1. The Bertz CT molecular complexity index is 1540. The summed E-state index contributed by atoms with van der Waals surface area (Å²) in [6, 6.07) is 15.8. The third kappa shape index (κ3) is 5.42. The van der Waals surface area contributed by atoms with Gasteiger partial charge in [-0.2, -0.15) is 0 Å². The number of nitrogens with zero attached hydrogens (tertiary/aromatic N) is 2. The number of benzene rings is 3. The van der Waals surface area contributed by atoms with E-state index in [1.165, 1.54) is 0 Å². The molecular formula is C31H35N3O4. The second-order valence-electron chi connectivity index (χ2n) is 9.55. The molecule has 2 aliphatic rings. The maximum Gasteiger partial charge on any atom is 0.303 e. The van der Waals surface area contributed by atoms with Gasteiger partial charge in [0.2, 0.25) is 0 Å². The molecule has 7 nitrogen and oxygen atoms in total. The molecule has 1 heterocycles. The summed E-state index contributed by atoms with van der Waals surface area (Å²) in [5, 5.41) is 14.2. The van der Waals surface area contributed by atoms with Gasteiger partial charge in [0.25, 0.3) is 5.91 Å². The molecule has 198 valence electrons. The average Bonchev–Trinajstić information content (AvgIpc) is 2.88. The highest BCUT2D eigenvalue weighted by Crippen LogP contribution is 2.43. The Kier molecular flexibility index (Phi) is 8.15. The molecule has 0 atom stereocenters. The third-order valence-corrected chi connectivity index (χ3v) is 6.74. The van der Waals surface area contributed by atoms with E-state index in [1.54, 1.807) is 11.9 Å². The van der Waals surface area contributed by atoms with E-state index in [4.69, 9.17) is 9.52 Å². The van der Waals surface area contributed by atoms with Crippen LogP contribution in [0.4, 0.5) is 5.69 Å². The van der Waals surface area contributed by atoms with Crippen LogP contribution in [0.3, 0.4) is 0 Å². The quantitative estimate of drug-likeness (QED) is 0.263. The maximum atomic E-state index is 13.6. The van der Waals surface area contributed by atoms with Crippen LogP contribution in [0, 0.1) is 13.8 Å². The van der Waals surface area contributed by atoms with Crippen LogP contribution in [0.25, 0.3) is 33.4 Å². The van der Waals surface area contributed by atoms with Gasteiger partial charge in [-0.1, -0.05) is 18.2 Å². The van der Waals surface area contributed by atoms with Crippen molar-refractivity contribution in [3.8, 4) is 22.5 Å². The first-order valence-electron chi connectivity index (χ1n) is 13.1. The minimum Gasteiger partial charge on any atom is -0.481 e. The minimum absolute atomic E-state index is 0.0204. The zero-order valence-electron chi connectivity index (χ0n) is 22.7. The Morgan fingerprint density at radius 3 is 2.50 bits per heavy atom. The molecule has 0 fully saturated rings. The van der Waals surface area contributed by atoms with E-state index < -0.39 is 5.97 Å². The fourth-order valence-electron chi connectivity index (χ4n) is 4.86. The maximum absolute atomic E-state index is 13.6. The highest BCUT2D eigenvalue weighted by atomic mass is 16.4. The number of aryl methyl sites for hydroxylation is 2. The Morgan fingerprint density at radius 2 is 1.79 bits per heavy atom. The number of rotatable bonds is 9. The number of hydrogen-bond acceptors (Lipinski definition) is 5. The molecule has 0 unspecified atom stereocenters. The van der Waals surface area contributed by atoms with Crippen molar-refractivity contribution in [1.82, 2.24) is 4.90 Å². The summed E-state index contributed by atoms with van der Waals surface area (Å²) < 4.78 is 6.46. The lowest BCUT2D eigenvalue weighted by molar-refractivity contribution is -0.137. The fraction of sp³-hybridized carbons (Fsp3) is 0.323. The van der Waals surface area contributed by atoms with Gasteiger partial charge in [-0.15, -0.1) is 0 Å². The molecule has 2 aromatic carbocycles. The van der Waals surface area contributed by atoms with Gasteiger partial charge in [0, 0.05) is 73.0 Å². The van der Waals surface area contributed by atoms with Crippen LogP contribution in [0.1, 0.15) is 48.2 Å². The predicted molar refractivity (Wildman–Crippen MR) is 152 cm³/mol. The molecule has 7 heteroatoms. The lowest BCUT2D eigenvalue weighted by Crippen LogP contribution is -2.28. The number of carboxylic acid groups (broad SMARTS) is 1. The van der Waals surface area contributed by atoms with Gasteiger partial charge in [-0.3, -0.25) is 14.6 Å². The van der Waals surface area contributed by atoms with Crippen molar-refractivity contribution in [3.05, 3.63) is 70.6 Å². The molecule has 2 N–H and O–H groups in total. The van der Waals surface area contributed by atoms with Crippen LogP contribution in [0.5, 0.6) is 0 Å². The monoisotopic (exact) mass is 513 g/mol. The van der Waals surface area contributed by atoms with Crippen molar-refractivity contribution >= 4 is 28.5 Å². The zero-order valence-corrected chi connectivity index (χ0v) is 22.7. The standard InChI is InChI=1S/C31H35N3O4/c1-6-32-25-17-27-23(15-19(25)3)30(24-16-20(4)26(33-7-2)18-28(24)38-27)21-11-8-9-12-22(21)31(37)34(5)14-10-13-29(35)36/h8-9,11-12,15-18,32H,6-7,10,13-14H2,1-5H3,(H,35,36)/b33-26+. The fourth-order valence-corrected chi connectivity index (χ4v) is 4.86. The lowest BCUT2D eigenvalue weighted by Gasteiger charge is -2.22. The largest absolute Gasteiger partial charge is 0.481 e. The summed E-state index contributed by atoms with van der Waals surface area (Å²) in [5.41, 5.74) is 7.05. The molecule has 2 aromatic rings. The van der Waals surface area contributed by atoms with Crippen molar-refractivity contribution in [2.75, 3.05) is 32.0 Å². The van der Waals surface area contributed by atoms with E-state index >= 15 is 0 Å². The second kappa shape index (κ2) is 11.5. The van der Waals surface area contributed by atoms with Gasteiger partial charge in [0.1, 0.15) is 11.3 Å². The Balaban J connectivity index is 1.99. The Hall–Kier alpha value is -4.13. The first kappa shape index (κ1) is 26.9. The van der Waals surface area contributed by atoms with E-state index in [-0.39, 0.29) is 12.3 Å². The van der Waals surface area contributed by atoms with Crippen molar-refractivity contribution in [2.24, 2.45) is 4.99 Å². The van der Waals surface area contributed by atoms with Crippen LogP contribution >= 0.6 is 0 Å². The van der Waals surface area contributed by atoms with Crippen LogP contribution < -0.4 is 10.7 Å². The van der Waals surface area contributed by atoms with Gasteiger partial charge in [-0.05, 0) is 69.0 Å². The van der Waals surface area contributed by atoms with Crippen molar-refractivity contribution in [1.29, 1.82) is 0 Å². The number of carbonyl (C=O) groups is 2. The first-order chi connectivity index (χ1) is 18.2. The normalized spacial score (nSPS) is 11.8. The molecule has 0 bridgehead atoms. The number of aliphatic carboxylic acids is 1. The van der Waals surface area contributed by atoms with Gasteiger partial charge in [-0.25, -0.2) is 0 Å². The van der Waals surface area contributed by atoms with E-state index in [2.05, 4.69) is 36.3 Å². The van der Waals surface area contributed by atoms with Crippen molar-refractivity contribution in [3.63, 3.8) is 0 Å². The third-order valence-electron chi connectivity index (χ3n) is 6.74. The average molecular weight is 514 g/mol. The highest BCUT2D eigenvalue weighted by molar-refractivity contribution is 6.09. The molecule has 1 aliphatic carbocycles. The second-order valence-corrected chi connectivity index (χ2v) is 9.55. The Labute approximate surface area is 223 Å². The molecule has 0 spiro atoms. The molecule has 0 aromatic heterocycles. The van der Waals surface area contributed by atoms with Crippen LogP contribution in [-0.4, -0.2) is 48.6 Å². The number of hydrogen-bond donors (Lipinski definition) is 2. The minimum atomic E-state index is -0.867. The van der Waals surface area contributed by atoms with Gasteiger partial charge < -0.3 is 19.7 Å². The smallest absolute Gasteiger partial charge is 0.303 e. The predicted octanol–water partition coefficient (Wildman–Crippen LogP) is 6.11. The van der Waals surface area contributed by atoms with E-state index in [0.717, 1.165) is 56.4 Å².